The van der Waals surface area contributed by atoms with Crippen molar-refractivity contribution in [2.75, 3.05) is 23.7 Å². The highest BCUT2D eigenvalue weighted by Crippen LogP contribution is 2.29. The van der Waals surface area contributed by atoms with Crippen LogP contribution in [0.25, 0.3) is 0 Å². The van der Waals surface area contributed by atoms with Crippen LogP contribution in [-0.2, 0) is 6.42 Å². The molecule has 3 nitrogen and oxygen atoms in total. The molecule has 3 heteroatoms. The molecule has 0 saturated carbocycles. The molecular formula is C13H20N2O. The zero-order valence-corrected chi connectivity index (χ0v) is 9.82. The Kier molecular flexibility index (Phi) is 3.34. The fourth-order valence-corrected chi connectivity index (χ4v) is 2.24. The Bertz CT molecular complexity index is 363. The van der Waals surface area contributed by atoms with Gasteiger partial charge in [0.05, 0.1) is 6.10 Å². The minimum atomic E-state index is -0.230. The highest BCUT2D eigenvalue weighted by Gasteiger charge is 2.16. The summed E-state index contributed by atoms with van der Waals surface area (Å²) in [6.07, 6.45) is 2.91. The molecule has 2 rings (SSSR count). The molecule has 0 bridgehead atoms. The van der Waals surface area contributed by atoms with E-state index in [0.717, 1.165) is 31.6 Å². The monoisotopic (exact) mass is 220 g/mol. The predicted molar refractivity (Wildman–Crippen MR) is 67.7 cm³/mol. The molecule has 0 aliphatic carbocycles. The van der Waals surface area contributed by atoms with E-state index in [2.05, 4.69) is 17.0 Å². The Morgan fingerprint density at radius 2 is 2.31 bits per heavy atom. The van der Waals surface area contributed by atoms with Crippen LogP contribution in [0.1, 0.15) is 25.3 Å². The zero-order chi connectivity index (χ0) is 11.5. The van der Waals surface area contributed by atoms with Crippen LogP contribution >= 0.6 is 0 Å². The predicted octanol–water partition coefficient (Wildman–Crippen LogP) is 1.79. The molecule has 16 heavy (non-hydrogen) atoms. The maximum Gasteiger partial charge on any atom is 0.0528 e. The number of rotatable bonds is 3. The molecule has 3 N–H and O–H groups in total. The van der Waals surface area contributed by atoms with Crippen molar-refractivity contribution in [1.29, 1.82) is 0 Å². The number of nitrogen functional groups attached to an aromatic ring is 1. The molecule has 1 aromatic carbocycles. The number of nitrogens with zero attached hydrogens (tertiary/aromatic N) is 1. The van der Waals surface area contributed by atoms with Crippen LogP contribution in [0.3, 0.4) is 0 Å². The van der Waals surface area contributed by atoms with Crippen LogP contribution in [0.15, 0.2) is 18.2 Å². The molecule has 1 unspecified atom stereocenters. The van der Waals surface area contributed by atoms with E-state index in [1.807, 2.05) is 13.0 Å². The Morgan fingerprint density at radius 3 is 3.06 bits per heavy atom. The van der Waals surface area contributed by atoms with Gasteiger partial charge in [-0.3, -0.25) is 0 Å². The van der Waals surface area contributed by atoms with Crippen molar-refractivity contribution in [2.45, 2.75) is 32.3 Å². The minimum absolute atomic E-state index is 0.230. The van der Waals surface area contributed by atoms with Crippen LogP contribution in [-0.4, -0.2) is 24.3 Å². The first kappa shape index (κ1) is 11.3. The highest BCUT2D eigenvalue weighted by atomic mass is 16.3. The average Bonchev–Trinajstić information content (AvgIpc) is 2.26. The van der Waals surface area contributed by atoms with Gasteiger partial charge < -0.3 is 15.7 Å². The van der Waals surface area contributed by atoms with Crippen molar-refractivity contribution in [1.82, 2.24) is 0 Å². The molecule has 0 amide bonds. The zero-order valence-electron chi connectivity index (χ0n) is 9.82. The summed E-state index contributed by atoms with van der Waals surface area (Å²) in [5.41, 5.74) is 9.28. The number of hydrogen-bond acceptors (Lipinski definition) is 3. The number of aryl methyl sites for hydroxylation is 1. The van der Waals surface area contributed by atoms with E-state index in [0.29, 0.717) is 0 Å². The van der Waals surface area contributed by atoms with Crippen LogP contribution in [0, 0.1) is 0 Å². The van der Waals surface area contributed by atoms with Crippen molar-refractivity contribution < 1.29 is 5.11 Å². The van der Waals surface area contributed by atoms with E-state index >= 15 is 0 Å². The normalized spacial score (nSPS) is 17.0. The largest absolute Gasteiger partial charge is 0.399 e. The van der Waals surface area contributed by atoms with Crippen LogP contribution in [0.5, 0.6) is 0 Å². The Balaban J connectivity index is 2.15. The molecule has 1 atom stereocenters. The second-order valence-electron chi connectivity index (χ2n) is 4.62. The lowest BCUT2D eigenvalue weighted by Crippen LogP contribution is -2.31. The molecule has 0 saturated heterocycles. The first-order valence-electron chi connectivity index (χ1n) is 5.98. The molecule has 1 aliphatic heterocycles. The lowest BCUT2D eigenvalue weighted by molar-refractivity contribution is 0.186. The van der Waals surface area contributed by atoms with E-state index in [-0.39, 0.29) is 6.10 Å². The number of hydrogen-bond donors (Lipinski definition) is 2. The van der Waals surface area contributed by atoms with E-state index in [4.69, 9.17) is 5.73 Å². The van der Waals surface area contributed by atoms with E-state index in [1.54, 1.807) is 0 Å². The molecular weight excluding hydrogens is 200 g/mol. The fraction of sp³-hybridized carbons (Fsp3) is 0.538. The topological polar surface area (TPSA) is 49.5 Å². The maximum absolute atomic E-state index is 9.33. The Labute approximate surface area is 96.9 Å². The average molecular weight is 220 g/mol. The molecule has 1 aromatic rings. The van der Waals surface area contributed by atoms with Gasteiger partial charge in [0.25, 0.3) is 0 Å². The summed E-state index contributed by atoms with van der Waals surface area (Å²) < 4.78 is 0. The van der Waals surface area contributed by atoms with Gasteiger partial charge in [0.2, 0.25) is 0 Å². The van der Waals surface area contributed by atoms with Crippen molar-refractivity contribution in [3.05, 3.63) is 23.8 Å². The van der Waals surface area contributed by atoms with Gasteiger partial charge in [0.15, 0.2) is 0 Å². The van der Waals surface area contributed by atoms with E-state index < -0.39 is 0 Å². The minimum Gasteiger partial charge on any atom is -0.399 e. The Morgan fingerprint density at radius 1 is 1.50 bits per heavy atom. The molecule has 0 spiro atoms. The van der Waals surface area contributed by atoms with Gasteiger partial charge >= 0.3 is 0 Å². The summed E-state index contributed by atoms with van der Waals surface area (Å²) in [7, 11) is 0. The third kappa shape index (κ3) is 2.47. The lowest BCUT2D eigenvalue weighted by atomic mass is 10.0. The van der Waals surface area contributed by atoms with Gasteiger partial charge in [-0.25, -0.2) is 0 Å². The molecule has 1 heterocycles. The standard InChI is InChI=1S/C13H20N2O/c1-10(16)6-8-15-7-2-3-11-4-5-12(14)9-13(11)15/h4-5,9-10,16H,2-3,6-8,14H2,1H3. The number of aliphatic hydroxyl groups is 1. The van der Waals surface area contributed by atoms with Crippen LogP contribution in [0.2, 0.25) is 0 Å². The van der Waals surface area contributed by atoms with Crippen molar-refractivity contribution in [2.24, 2.45) is 0 Å². The van der Waals surface area contributed by atoms with E-state index in [1.165, 1.54) is 17.7 Å². The molecule has 0 fully saturated rings. The van der Waals surface area contributed by atoms with Gasteiger partial charge in [-0.15, -0.1) is 0 Å². The second-order valence-corrected chi connectivity index (χ2v) is 4.62. The van der Waals surface area contributed by atoms with Crippen LogP contribution in [0.4, 0.5) is 11.4 Å². The first-order chi connectivity index (χ1) is 7.66. The van der Waals surface area contributed by atoms with Gasteiger partial charge in [0.1, 0.15) is 0 Å². The summed E-state index contributed by atoms with van der Waals surface area (Å²) in [4.78, 5) is 2.34. The van der Waals surface area contributed by atoms with Gasteiger partial charge in [-0.2, -0.15) is 0 Å². The number of anilines is 2. The van der Waals surface area contributed by atoms with Crippen molar-refractivity contribution in [3.8, 4) is 0 Å². The fourth-order valence-electron chi connectivity index (χ4n) is 2.24. The summed E-state index contributed by atoms with van der Waals surface area (Å²) in [5.74, 6) is 0. The van der Waals surface area contributed by atoms with E-state index in [9.17, 15) is 5.11 Å². The van der Waals surface area contributed by atoms with Crippen LogP contribution < -0.4 is 10.6 Å². The highest BCUT2D eigenvalue weighted by molar-refractivity contribution is 5.62. The third-order valence-corrected chi connectivity index (χ3v) is 3.14. The molecule has 0 aromatic heterocycles. The SMILES string of the molecule is CC(O)CCN1CCCc2ccc(N)cc21. The van der Waals surface area contributed by atoms with Gasteiger partial charge in [-0.1, -0.05) is 6.07 Å². The number of fused-ring (bicyclic) bond motifs is 1. The maximum atomic E-state index is 9.33. The molecule has 88 valence electrons. The summed E-state index contributed by atoms with van der Waals surface area (Å²) >= 11 is 0. The van der Waals surface area contributed by atoms with Crippen molar-refractivity contribution in [3.63, 3.8) is 0 Å². The summed E-state index contributed by atoms with van der Waals surface area (Å²) in [6, 6.07) is 6.15. The van der Waals surface area contributed by atoms with Gasteiger partial charge in [-0.05, 0) is 43.9 Å². The quantitative estimate of drug-likeness (QED) is 0.764. The number of aliphatic hydroxyl groups excluding tert-OH is 1. The first-order valence-corrected chi connectivity index (χ1v) is 5.98. The molecule has 0 radical (unpaired) electrons. The number of benzene rings is 1. The molecule has 1 aliphatic rings. The third-order valence-electron chi connectivity index (χ3n) is 3.14. The van der Waals surface area contributed by atoms with Crippen molar-refractivity contribution >= 4 is 11.4 Å². The lowest BCUT2D eigenvalue weighted by Gasteiger charge is -2.32. The Hall–Kier alpha value is -1.22. The smallest absolute Gasteiger partial charge is 0.0528 e. The van der Waals surface area contributed by atoms with Gasteiger partial charge in [0, 0.05) is 24.5 Å². The number of nitrogens with two attached hydrogens (primary N) is 1. The second kappa shape index (κ2) is 4.74. The summed E-state index contributed by atoms with van der Waals surface area (Å²) in [6.45, 7) is 3.82. The summed E-state index contributed by atoms with van der Waals surface area (Å²) in [5, 5.41) is 9.33.